The van der Waals surface area contributed by atoms with E-state index in [-0.39, 0.29) is 11.9 Å². The third kappa shape index (κ3) is 3.75. The van der Waals surface area contributed by atoms with Crippen LogP contribution in [-0.2, 0) is 0 Å². The first-order chi connectivity index (χ1) is 13.6. The van der Waals surface area contributed by atoms with Gasteiger partial charge in [0.2, 0.25) is 0 Å². The maximum atomic E-state index is 13.1. The van der Waals surface area contributed by atoms with Crippen LogP contribution in [0.4, 0.5) is 0 Å². The summed E-state index contributed by atoms with van der Waals surface area (Å²) in [5, 5.41) is 9.84. The summed E-state index contributed by atoms with van der Waals surface area (Å²) >= 11 is 1.61. The van der Waals surface area contributed by atoms with Gasteiger partial charge in [-0.1, -0.05) is 48.5 Å². The van der Waals surface area contributed by atoms with E-state index < -0.39 is 0 Å². The average Bonchev–Trinajstić information content (AvgIpc) is 3.38. The zero-order valence-electron chi connectivity index (χ0n) is 15.8. The van der Waals surface area contributed by atoms with Crippen LogP contribution in [-0.4, -0.2) is 15.7 Å². The molecule has 2 aromatic carbocycles. The van der Waals surface area contributed by atoms with Gasteiger partial charge in [-0.25, -0.2) is 4.68 Å². The molecular formula is C23H21N3OS. The molecule has 0 aliphatic rings. The zero-order chi connectivity index (χ0) is 19.5. The molecule has 0 aliphatic heterocycles. The molecule has 0 radical (unpaired) electrons. The highest BCUT2D eigenvalue weighted by molar-refractivity contribution is 7.13. The normalized spacial score (nSPS) is 11.9. The lowest BCUT2D eigenvalue weighted by Crippen LogP contribution is -2.28. The largest absolute Gasteiger partial charge is 0.344 e. The minimum absolute atomic E-state index is 0.0975. The number of hydrogen-bond acceptors (Lipinski definition) is 3. The van der Waals surface area contributed by atoms with Gasteiger partial charge in [-0.05, 0) is 54.6 Å². The van der Waals surface area contributed by atoms with Crippen molar-refractivity contribution >= 4 is 17.2 Å². The fourth-order valence-corrected chi connectivity index (χ4v) is 3.82. The Labute approximate surface area is 168 Å². The second kappa shape index (κ2) is 7.82. The predicted octanol–water partition coefficient (Wildman–Crippen LogP) is 5.40. The summed E-state index contributed by atoms with van der Waals surface area (Å²) in [5.41, 5.74) is 4.39. The molecule has 5 heteroatoms. The maximum Gasteiger partial charge on any atom is 0.270 e. The Bertz CT molecular complexity index is 1080. The van der Waals surface area contributed by atoms with Gasteiger partial charge in [-0.3, -0.25) is 4.79 Å². The summed E-state index contributed by atoms with van der Waals surface area (Å²) in [5.74, 6) is -0.145. The summed E-state index contributed by atoms with van der Waals surface area (Å²) in [4.78, 5) is 14.2. The number of aromatic nitrogens is 2. The second-order valence-corrected chi connectivity index (χ2v) is 7.70. The molecule has 0 saturated carbocycles. The first-order valence-corrected chi connectivity index (χ1v) is 10.1. The number of aryl methyl sites for hydroxylation is 1. The van der Waals surface area contributed by atoms with Crippen molar-refractivity contribution in [2.75, 3.05) is 0 Å². The third-order valence-corrected chi connectivity index (χ3v) is 5.50. The smallest absolute Gasteiger partial charge is 0.270 e. The molecule has 28 heavy (non-hydrogen) atoms. The number of hydrogen-bond donors (Lipinski definition) is 1. The maximum absolute atomic E-state index is 13.1. The van der Waals surface area contributed by atoms with Gasteiger partial charge in [-0.15, -0.1) is 11.3 Å². The Morgan fingerprint density at radius 1 is 1.04 bits per heavy atom. The van der Waals surface area contributed by atoms with Gasteiger partial charge in [-0.2, -0.15) is 5.10 Å². The minimum atomic E-state index is -0.145. The molecule has 140 valence electrons. The SMILES string of the molecule is Cc1cccc(-n2nc(-c3cccs3)cc2C(=O)N[C@H](C)c2ccccc2)c1. The molecular weight excluding hydrogens is 366 g/mol. The molecule has 1 N–H and O–H groups in total. The van der Waals surface area contributed by atoms with Crippen LogP contribution in [0.25, 0.3) is 16.3 Å². The Kier molecular flexibility index (Phi) is 5.08. The van der Waals surface area contributed by atoms with Crippen molar-refractivity contribution in [1.29, 1.82) is 0 Å². The van der Waals surface area contributed by atoms with Crippen molar-refractivity contribution in [1.82, 2.24) is 15.1 Å². The van der Waals surface area contributed by atoms with Crippen molar-refractivity contribution in [3.05, 3.63) is 95.0 Å². The first kappa shape index (κ1) is 18.2. The lowest BCUT2D eigenvalue weighted by molar-refractivity contribution is 0.0932. The monoisotopic (exact) mass is 387 g/mol. The van der Waals surface area contributed by atoms with E-state index in [4.69, 9.17) is 5.10 Å². The summed E-state index contributed by atoms with van der Waals surface area (Å²) < 4.78 is 1.73. The lowest BCUT2D eigenvalue weighted by atomic mass is 10.1. The van der Waals surface area contributed by atoms with Crippen LogP contribution in [0.15, 0.2) is 78.2 Å². The molecule has 0 bridgehead atoms. The number of amides is 1. The number of benzene rings is 2. The van der Waals surface area contributed by atoms with E-state index >= 15 is 0 Å². The molecule has 0 unspecified atom stereocenters. The highest BCUT2D eigenvalue weighted by Crippen LogP contribution is 2.26. The van der Waals surface area contributed by atoms with Crippen LogP contribution in [0.3, 0.4) is 0 Å². The Balaban J connectivity index is 1.71. The molecule has 0 aliphatic carbocycles. The molecule has 0 saturated heterocycles. The van der Waals surface area contributed by atoms with Crippen molar-refractivity contribution in [3.8, 4) is 16.3 Å². The van der Waals surface area contributed by atoms with Gasteiger partial charge in [0.25, 0.3) is 5.91 Å². The standard InChI is InChI=1S/C23H21N3OS/c1-16-8-6-11-19(14-16)26-21(15-20(25-26)22-12-7-13-28-22)23(27)24-17(2)18-9-4-3-5-10-18/h3-15,17H,1-2H3,(H,24,27)/t17-/m1/s1. The molecule has 4 nitrogen and oxygen atoms in total. The fourth-order valence-electron chi connectivity index (χ4n) is 3.14. The van der Waals surface area contributed by atoms with Crippen LogP contribution in [0.1, 0.15) is 34.6 Å². The Morgan fingerprint density at radius 3 is 2.57 bits per heavy atom. The zero-order valence-corrected chi connectivity index (χ0v) is 16.6. The number of nitrogens with one attached hydrogen (secondary N) is 1. The van der Waals surface area contributed by atoms with E-state index in [1.54, 1.807) is 16.0 Å². The van der Waals surface area contributed by atoms with Gasteiger partial charge in [0.15, 0.2) is 0 Å². The topological polar surface area (TPSA) is 46.9 Å². The van der Waals surface area contributed by atoms with E-state index in [9.17, 15) is 4.79 Å². The highest BCUT2D eigenvalue weighted by Gasteiger charge is 2.20. The van der Waals surface area contributed by atoms with E-state index in [1.165, 1.54) is 0 Å². The van der Waals surface area contributed by atoms with Crippen molar-refractivity contribution in [3.63, 3.8) is 0 Å². The summed E-state index contributed by atoms with van der Waals surface area (Å²) in [6.07, 6.45) is 0. The highest BCUT2D eigenvalue weighted by atomic mass is 32.1. The molecule has 4 aromatic rings. The molecule has 0 fully saturated rings. The number of carbonyl (C=O) groups is 1. The molecule has 2 aromatic heterocycles. The van der Waals surface area contributed by atoms with Crippen molar-refractivity contribution in [2.45, 2.75) is 19.9 Å². The van der Waals surface area contributed by atoms with Gasteiger partial charge < -0.3 is 5.32 Å². The van der Waals surface area contributed by atoms with E-state index in [0.717, 1.165) is 27.4 Å². The lowest BCUT2D eigenvalue weighted by Gasteiger charge is -2.15. The van der Waals surface area contributed by atoms with E-state index in [1.807, 2.05) is 92.0 Å². The quantitative estimate of drug-likeness (QED) is 0.498. The van der Waals surface area contributed by atoms with Crippen LogP contribution in [0.5, 0.6) is 0 Å². The molecule has 4 rings (SSSR count). The van der Waals surface area contributed by atoms with Crippen LogP contribution in [0, 0.1) is 6.92 Å². The number of thiophene rings is 1. The molecule has 1 atom stereocenters. The molecule has 0 spiro atoms. The van der Waals surface area contributed by atoms with Gasteiger partial charge in [0.1, 0.15) is 11.4 Å². The first-order valence-electron chi connectivity index (χ1n) is 9.18. The van der Waals surface area contributed by atoms with Crippen molar-refractivity contribution in [2.24, 2.45) is 0 Å². The van der Waals surface area contributed by atoms with E-state index in [0.29, 0.717) is 5.69 Å². The van der Waals surface area contributed by atoms with Crippen LogP contribution >= 0.6 is 11.3 Å². The van der Waals surface area contributed by atoms with Crippen molar-refractivity contribution < 1.29 is 4.79 Å². The van der Waals surface area contributed by atoms with Gasteiger partial charge in [0, 0.05) is 0 Å². The minimum Gasteiger partial charge on any atom is -0.344 e. The molecule has 2 heterocycles. The predicted molar refractivity (Wildman–Crippen MR) is 114 cm³/mol. The van der Waals surface area contributed by atoms with Gasteiger partial charge in [0.05, 0.1) is 16.6 Å². The Hall–Kier alpha value is -3.18. The summed E-state index contributed by atoms with van der Waals surface area (Å²) in [6, 6.07) is 23.7. The average molecular weight is 388 g/mol. The number of carbonyl (C=O) groups excluding carboxylic acids is 1. The second-order valence-electron chi connectivity index (χ2n) is 6.75. The molecule has 1 amide bonds. The van der Waals surface area contributed by atoms with E-state index in [2.05, 4.69) is 5.32 Å². The number of nitrogens with zero attached hydrogens (tertiary/aromatic N) is 2. The summed E-state index contributed by atoms with van der Waals surface area (Å²) in [7, 11) is 0. The fraction of sp³-hybridized carbons (Fsp3) is 0.130. The summed E-state index contributed by atoms with van der Waals surface area (Å²) in [6.45, 7) is 4.02. The third-order valence-electron chi connectivity index (χ3n) is 4.61. The Morgan fingerprint density at radius 2 is 1.86 bits per heavy atom. The van der Waals surface area contributed by atoms with Gasteiger partial charge >= 0.3 is 0 Å². The number of rotatable bonds is 5. The van der Waals surface area contributed by atoms with Crippen LogP contribution < -0.4 is 5.32 Å². The van der Waals surface area contributed by atoms with Crippen LogP contribution in [0.2, 0.25) is 0 Å².